The maximum absolute atomic E-state index is 6.15. The lowest BCUT2D eigenvalue weighted by Gasteiger charge is -2.21. The molecule has 1 aliphatic heterocycles. The van der Waals surface area contributed by atoms with Crippen LogP contribution in [0.1, 0.15) is 19.3 Å². The van der Waals surface area contributed by atoms with Gasteiger partial charge in [-0.3, -0.25) is 0 Å². The van der Waals surface area contributed by atoms with Crippen molar-refractivity contribution >= 4 is 11.8 Å². The van der Waals surface area contributed by atoms with Gasteiger partial charge in [0.2, 0.25) is 5.16 Å². The fourth-order valence-corrected chi connectivity index (χ4v) is 3.42. The minimum absolute atomic E-state index is 0.283. The first-order valence-corrected chi connectivity index (χ1v) is 8.36. The van der Waals surface area contributed by atoms with Crippen LogP contribution >= 0.6 is 11.8 Å². The molecule has 0 saturated carbocycles. The lowest BCUT2D eigenvalue weighted by Crippen LogP contribution is -2.22. The van der Waals surface area contributed by atoms with Gasteiger partial charge < -0.3 is 15.3 Å². The first-order chi connectivity index (χ1) is 10.8. The van der Waals surface area contributed by atoms with Crippen molar-refractivity contribution in [3.8, 4) is 17.1 Å². The highest BCUT2D eigenvalue weighted by molar-refractivity contribution is 7.99. The van der Waals surface area contributed by atoms with Crippen molar-refractivity contribution in [2.45, 2.75) is 30.5 Å². The maximum atomic E-state index is 6.15. The molecule has 1 saturated heterocycles. The van der Waals surface area contributed by atoms with E-state index in [1.807, 2.05) is 24.3 Å². The van der Waals surface area contributed by atoms with Gasteiger partial charge in [-0.2, -0.15) is 0 Å². The van der Waals surface area contributed by atoms with Gasteiger partial charge in [-0.25, -0.2) is 4.68 Å². The molecule has 2 N–H and O–H groups in total. The van der Waals surface area contributed by atoms with Gasteiger partial charge >= 0.3 is 0 Å². The van der Waals surface area contributed by atoms with Crippen molar-refractivity contribution in [3.05, 3.63) is 24.3 Å². The predicted octanol–water partition coefficient (Wildman–Crippen LogP) is 2.33. The van der Waals surface area contributed by atoms with Gasteiger partial charge in [-0.05, 0) is 31.4 Å². The van der Waals surface area contributed by atoms with E-state index in [4.69, 9.17) is 15.3 Å². The molecule has 1 aromatic carbocycles. The summed E-state index contributed by atoms with van der Waals surface area (Å²) in [5.74, 6) is 8.33. The molecule has 7 heteroatoms. The summed E-state index contributed by atoms with van der Waals surface area (Å²) in [7, 11) is 1.63. The molecule has 118 valence electrons. The Labute approximate surface area is 134 Å². The first-order valence-electron chi connectivity index (χ1n) is 7.38. The molecular weight excluding hydrogens is 300 g/mol. The molecule has 0 aliphatic carbocycles. The van der Waals surface area contributed by atoms with Crippen LogP contribution in [0.2, 0.25) is 0 Å². The number of ether oxygens (including phenoxy) is 2. The Morgan fingerprint density at radius 3 is 3.00 bits per heavy atom. The second-order valence-electron chi connectivity index (χ2n) is 5.18. The van der Waals surface area contributed by atoms with E-state index in [9.17, 15) is 0 Å². The Hall–Kier alpha value is -1.73. The number of thioether (sulfide) groups is 1. The lowest BCUT2D eigenvalue weighted by molar-refractivity contribution is 0.0315. The number of rotatable bonds is 5. The molecular formula is C15H20N4O2S. The third-order valence-corrected chi connectivity index (χ3v) is 4.76. The third kappa shape index (κ3) is 3.20. The van der Waals surface area contributed by atoms with E-state index >= 15 is 0 Å². The Balaban J connectivity index is 1.74. The van der Waals surface area contributed by atoms with E-state index in [0.29, 0.717) is 11.0 Å². The zero-order chi connectivity index (χ0) is 15.4. The average Bonchev–Trinajstić information content (AvgIpc) is 2.94. The summed E-state index contributed by atoms with van der Waals surface area (Å²) in [6.07, 6.45) is 3.77. The molecule has 0 bridgehead atoms. The number of hydrogen-bond acceptors (Lipinski definition) is 6. The number of hydrogen-bond donors (Lipinski definition) is 1. The van der Waals surface area contributed by atoms with Gasteiger partial charge in [0.05, 0.1) is 18.8 Å². The highest BCUT2D eigenvalue weighted by Crippen LogP contribution is 2.30. The van der Waals surface area contributed by atoms with Crippen molar-refractivity contribution in [3.63, 3.8) is 0 Å². The van der Waals surface area contributed by atoms with Crippen LogP contribution in [0.4, 0.5) is 0 Å². The zero-order valence-electron chi connectivity index (χ0n) is 12.6. The van der Waals surface area contributed by atoms with E-state index in [1.165, 1.54) is 11.1 Å². The molecule has 1 unspecified atom stereocenters. The van der Waals surface area contributed by atoms with Crippen molar-refractivity contribution in [2.75, 3.05) is 25.3 Å². The van der Waals surface area contributed by atoms with Crippen molar-refractivity contribution < 1.29 is 9.47 Å². The Kier molecular flexibility index (Phi) is 4.84. The standard InChI is InChI=1S/C15H20N4O2S/c1-20-13-8-3-2-7-12(13)14-17-18-15(19(14)16)22-10-11-6-4-5-9-21-11/h2-3,7-8,11H,4-6,9-10,16H2,1H3. The van der Waals surface area contributed by atoms with Crippen LogP contribution in [0.5, 0.6) is 5.75 Å². The average molecular weight is 320 g/mol. The van der Waals surface area contributed by atoms with Crippen molar-refractivity contribution in [2.24, 2.45) is 0 Å². The Morgan fingerprint density at radius 1 is 1.36 bits per heavy atom. The van der Waals surface area contributed by atoms with E-state index in [-0.39, 0.29) is 6.10 Å². The first kappa shape index (κ1) is 15.2. The number of nitrogen functional groups attached to an aromatic ring is 1. The topological polar surface area (TPSA) is 75.2 Å². The number of methoxy groups -OCH3 is 1. The molecule has 0 amide bonds. The van der Waals surface area contributed by atoms with Crippen molar-refractivity contribution in [1.82, 2.24) is 14.9 Å². The highest BCUT2D eigenvalue weighted by Gasteiger charge is 2.19. The molecule has 3 rings (SSSR count). The van der Waals surface area contributed by atoms with Crippen molar-refractivity contribution in [1.29, 1.82) is 0 Å². The third-order valence-electron chi connectivity index (χ3n) is 3.68. The van der Waals surface area contributed by atoms with Crippen LogP contribution in [0.25, 0.3) is 11.4 Å². The SMILES string of the molecule is COc1ccccc1-c1nnc(SCC2CCCCO2)n1N. The van der Waals surface area contributed by atoms with E-state index in [1.54, 1.807) is 18.9 Å². The number of aromatic nitrogens is 3. The molecule has 0 spiro atoms. The largest absolute Gasteiger partial charge is 0.496 e. The smallest absolute Gasteiger partial charge is 0.210 e. The summed E-state index contributed by atoms with van der Waals surface area (Å²) < 4.78 is 12.6. The molecule has 6 nitrogen and oxygen atoms in total. The van der Waals surface area contributed by atoms with Crippen LogP contribution < -0.4 is 10.6 Å². The summed E-state index contributed by atoms with van der Waals surface area (Å²) in [5.41, 5.74) is 0.834. The lowest BCUT2D eigenvalue weighted by atomic mass is 10.1. The molecule has 22 heavy (non-hydrogen) atoms. The van der Waals surface area contributed by atoms with Gasteiger partial charge in [0.15, 0.2) is 5.82 Å². The molecule has 1 fully saturated rings. The molecule has 2 aromatic rings. The molecule has 0 radical (unpaired) electrons. The molecule has 1 atom stereocenters. The van der Waals surface area contributed by atoms with E-state index in [2.05, 4.69) is 10.2 Å². The number of para-hydroxylation sites is 1. The van der Waals surface area contributed by atoms with Crippen LogP contribution in [-0.4, -0.2) is 40.4 Å². The van der Waals surface area contributed by atoms with Gasteiger partial charge in [-0.1, -0.05) is 23.9 Å². The van der Waals surface area contributed by atoms with Crippen LogP contribution in [-0.2, 0) is 4.74 Å². The van der Waals surface area contributed by atoms with Crippen LogP contribution in [0.3, 0.4) is 0 Å². The minimum Gasteiger partial charge on any atom is -0.496 e. The normalized spacial score (nSPS) is 18.3. The fraction of sp³-hybridized carbons (Fsp3) is 0.467. The van der Waals surface area contributed by atoms with Gasteiger partial charge in [0, 0.05) is 12.4 Å². The second-order valence-corrected chi connectivity index (χ2v) is 6.16. The quantitative estimate of drug-likeness (QED) is 0.673. The minimum atomic E-state index is 0.283. The van der Waals surface area contributed by atoms with Gasteiger partial charge in [0.25, 0.3) is 0 Å². The van der Waals surface area contributed by atoms with E-state index < -0.39 is 0 Å². The summed E-state index contributed by atoms with van der Waals surface area (Å²) in [5, 5.41) is 9.09. The number of nitrogens with two attached hydrogens (primary N) is 1. The zero-order valence-corrected chi connectivity index (χ0v) is 13.4. The Bertz CT molecular complexity index is 626. The summed E-state index contributed by atoms with van der Waals surface area (Å²) in [6, 6.07) is 7.64. The highest BCUT2D eigenvalue weighted by atomic mass is 32.2. The van der Waals surface area contributed by atoms with Crippen LogP contribution in [0, 0.1) is 0 Å². The van der Waals surface area contributed by atoms with E-state index in [0.717, 1.165) is 36.5 Å². The fourth-order valence-electron chi connectivity index (χ4n) is 2.49. The van der Waals surface area contributed by atoms with Gasteiger partial charge in [-0.15, -0.1) is 10.2 Å². The molecule has 2 heterocycles. The second kappa shape index (κ2) is 7.02. The predicted molar refractivity (Wildman–Crippen MR) is 86.5 cm³/mol. The summed E-state index contributed by atoms with van der Waals surface area (Å²) in [6.45, 7) is 0.854. The molecule has 1 aromatic heterocycles. The number of nitrogens with zero attached hydrogens (tertiary/aromatic N) is 3. The Morgan fingerprint density at radius 2 is 2.23 bits per heavy atom. The number of benzene rings is 1. The van der Waals surface area contributed by atoms with Gasteiger partial charge in [0.1, 0.15) is 5.75 Å². The molecule has 1 aliphatic rings. The summed E-state index contributed by atoms with van der Waals surface area (Å²) in [4.78, 5) is 0. The monoisotopic (exact) mass is 320 g/mol. The van der Waals surface area contributed by atoms with Crippen LogP contribution in [0.15, 0.2) is 29.4 Å². The maximum Gasteiger partial charge on any atom is 0.210 e. The summed E-state index contributed by atoms with van der Waals surface area (Å²) >= 11 is 1.58.